The fourth-order valence-electron chi connectivity index (χ4n) is 2.23. The summed E-state index contributed by atoms with van der Waals surface area (Å²) in [4.78, 5) is 25.4. The molecule has 9 heteroatoms. The average Bonchev–Trinajstić information content (AvgIpc) is 2.63. The third kappa shape index (κ3) is 2.50. The first kappa shape index (κ1) is 13.1. The van der Waals surface area contributed by atoms with Gasteiger partial charge < -0.3 is 20.7 Å². The topological polar surface area (TPSA) is 131 Å². The van der Waals surface area contributed by atoms with E-state index in [-0.39, 0.29) is 5.69 Å². The Bertz CT molecular complexity index is 793. The molecule has 0 saturated carbocycles. The summed E-state index contributed by atoms with van der Waals surface area (Å²) in [5.41, 5.74) is 2.60. The molecule has 0 spiro atoms. The quantitative estimate of drug-likeness (QED) is 0.466. The first-order valence-corrected chi connectivity index (χ1v) is 6.20. The summed E-state index contributed by atoms with van der Waals surface area (Å²) >= 11 is 5.35. The van der Waals surface area contributed by atoms with Crippen LogP contribution in [0.25, 0.3) is 0 Å². The molecule has 1 aliphatic heterocycles. The van der Waals surface area contributed by atoms with E-state index in [9.17, 15) is 19.8 Å². The number of aryl methyl sites for hydroxylation is 1. The van der Waals surface area contributed by atoms with Crippen molar-refractivity contribution in [1.82, 2.24) is 9.55 Å². The van der Waals surface area contributed by atoms with Gasteiger partial charge in [-0.25, -0.2) is 4.79 Å². The van der Waals surface area contributed by atoms with Crippen LogP contribution in [0, 0.1) is 18.2 Å². The molecule has 1 unspecified atom stereocenters. The molecular weight excluding hydrogens is 302 g/mol. The number of aliphatic hydroxyl groups excluding tert-OH is 1. The van der Waals surface area contributed by atoms with Crippen molar-refractivity contribution in [2.75, 3.05) is 6.56 Å². The lowest BCUT2D eigenvalue weighted by atomic mass is 9.92. The van der Waals surface area contributed by atoms with Gasteiger partial charge in [0.25, 0.3) is 5.56 Å². The first-order chi connectivity index (χ1) is 10.5. The molecule has 0 aromatic carbocycles. The summed E-state index contributed by atoms with van der Waals surface area (Å²) in [6.07, 6.45) is -5.06. The maximum atomic E-state index is 12.1. The van der Waals surface area contributed by atoms with Crippen LogP contribution in [-0.2, 0) is 4.74 Å². The highest BCUT2D eigenvalue weighted by Crippen LogP contribution is 2.36. The van der Waals surface area contributed by atoms with E-state index in [0.29, 0.717) is 0 Å². The molecule has 0 aliphatic carbocycles. The van der Waals surface area contributed by atoms with Crippen LogP contribution in [0.5, 0.6) is 0 Å². The summed E-state index contributed by atoms with van der Waals surface area (Å²) < 4.78 is 20.8. The van der Waals surface area contributed by atoms with E-state index in [1.54, 1.807) is 0 Å². The molecule has 1 fully saturated rings. The Kier molecular flexibility index (Phi) is 3.50. The van der Waals surface area contributed by atoms with Crippen LogP contribution in [0.3, 0.4) is 0 Å². The van der Waals surface area contributed by atoms with E-state index < -0.39 is 41.8 Å². The number of halogens is 1. The van der Waals surface area contributed by atoms with E-state index in [2.05, 4.69) is 5.92 Å². The predicted molar refractivity (Wildman–Crippen MR) is 73.6 cm³/mol. The number of nitrogens with two attached hydrogens (primary N) is 1. The van der Waals surface area contributed by atoms with Crippen molar-refractivity contribution in [2.45, 2.75) is 30.9 Å². The molecule has 0 radical (unpaired) electrons. The number of H-pyrrole nitrogens is 1. The molecule has 1 saturated heterocycles. The molecule has 5 N–H and O–H groups in total. The second-order valence-electron chi connectivity index (χ2n) is 4.59. The summed E-state index contributed by atoms with van der Waals surface area (Å²) in [5, 5.41) is 21.7. The van der Waals surface area contributed by atoms with Crippen molar-refractivity contribution in [2.24, 2.45) is 5.73 Å². The SMILES string of the molecule is [2H]C([2H])(O)[C@H]1O[C@@H](n2c(C)cc(=O)[nH]c2=O)C(N)(C#CCl)[C@H]1O. The van der Waals surface area contributed by atoms with Gasteiger partial charge in [0.15, 0.2) is 11.8 Å². The summed E-state index contributed by atoms with van der Waals surface area (Å²) in [7, 11) is 0. The zero-order valence-corrected chi connectivity index (χ0v) is 11.6. The number of nitrogens with one attached hydrogen (secondary N) is 1. The van der Waals surface area contributed by atoms with Gasteiger partial charge in [0.2, 0.25) is 0 Å². The third-order valence-corrected chi connectivity index (χ3v) is 3.35. The number of hydrogen-bond acceptors (Lipinski definition) is 6. The Labute approximate surface area is 126 Å². The van der Waals surface area contributed by atoms with Crippen molar-refractivity contribution in [3.05, 3.63) is 32.6 Å². The second kappa shape index (κ2) is 5.63. The highest BCUT2D eigenvalue weighted by atomic mass is 35.5. The summed E-state index contributed by atoms with van der Waals surface area (Å²) in [6, 6.07) is 1.09. The van der Waals surface area contributed by atoms with E-state index in [1.165, 1.54) is 6.92 Å². The van der Waals surface area contributed by atoms with Gasteiger partial charge in [-0.2, -0.15) is 0 Å². The Morgan fingerprint density at radius 2 is 2.38 bits per heavy atom. The number of rotatable bonds is 2. The number of hydrogen-bond donors (Lipinski definition) is 4. The molecule has 2 heterocycles. The molecule has 0 amide bonds. The number of aromatic amines is 1. The number of nitrogens with zero attached hydrogens (tertiary/aromatic N) is 1. The van der Waals surface area contributed by atoms with Crippen LogP contribution in [0.1, 0.15) is 14.7 Å². The standard InChI is InChI=1S/C12H14ClN3O5/c1-6-4-8(18)15-11(20)16(6)10-12(14,2-3-13)9(19)7(5-17)21-10/h4,7,9-10,17,19H,5,14H2,1H3,(H,15,18,20)/t7-,9+,10-,12?/m1/s1/i5D2. The highest BCUT2D eigenvalue weighted by Gasteiger charge is 2.54. The van der Waals surface area contributed by atoms with Crippen LogP contribution in [0.15, 0.2) is 15.7 Å². The van der Waals surface area contributed by atoms with Gasteiger partial charge >= 0.3 is 5.69 Å². The van der Waals surface area contributed by atoms with E-state index in [4.69, 9.17) is 24.8 Å². The fraction of sp³-hybridized carbons (Fsp3) is 0.500. The smallest absolute Gasteiger partial charge is 0.330 e. The van der Waals surface area contributed by atoms with Crippen molar-refractivity contribution >= 4 is 11.6 Å². The minimum atomic E-state index is -2.95. The zero-order valence-electron chi connectivity index (χ0n) is 12.8. The van der Waals surface area contributed by atoms with Gasteiger partial charge in [-0.15, -0.1) is 0 Å². The van der Waals surface area contributed by atoms with Crippen molar-refractivity contribution < 1.29 is 17.7 Å². The van der Waals surface area contributed by atoms with Gasteiger partial charge in [0.1, 0.15) is 12.2 Å². The van der Waals surface area contributed by atoms with Crippen LogP contribution >= 0.6 is 11.6 Å². The maximum absolute atomic E-state index is 12.1. The number of aromatic nitrogens is 2. The normalized spacial score (nSPS) is 33.9. The van der Waals surface area contributed by atoms with Crippen LogP contribution < -0.4 is 17.0 Å². The van der Waals surface area contributed by atoms with Crippen LogP contribution in [0.2, 0.25) is 0 Å². The minimum absolute atomic E-state index is 0.140. The van der Waals surface area contributed by atoms with Crippen molar-refractivity contribution in [1.29, 1.82) is 0 Å². The lowest BCUT2D eigenvalue weighted by Crippen LogP contribution is -2.55. The average molecular weight is 318 g/mol. The Balaban J connectivity index is 2.67. The maximum Gasteiger partial charge on any atom is 0.330 e. The molecular formula is C12H14ClN3O5. The molecule has 21 heavy (non-hydrogen) atoms. The Hall–Kier alpha value is -1.63. The number of aliphatic hydroxyl groups is 2. The lowest BCUT2D eigenvalue weighted by molar-refractivity contribution is -0.0484. The summed E-state index contributed by atoms with van der Waals surface area (Å²) in [6.45, 7) is -1.53. The van der Waals surface area contributed by atoms with Crippen molar-refractivity contribution in [3.8, 4) is 11.3 Å². The monoisotopic (exact) mass is 317 g/mol. The molecule has 0 bridgehead atoms. The fourth-order valence-corrected chi connectivity index (χ4v) is 2.39. The van der Waals surface area contributed by atoms with E-state index >= 15 is 0 Å². The van der Waals surface area contributed by atoms with E-state index in [1.807, 2.05) is 10.4 Å². The zero-order chi connectivity index (χ0) is 17.6. The Morgan fingerprint density at radius 3 is 2.90 bits per heavy atom. The van der Waals surface area contributed by atoms with E-state index in [0.717, 1.165) is 10.6 Å². The molecule has 1 aliphatic rings. The molecule has 1 aromatic heterocycles. The molecule has 2 rings (SSSR count). The first-order valence-electron chi connectivity index (χ1n) is 6.82. The molecule has 4 atom stereocenters. The highest BCUT2D eigenvalue weighted by molar-refractivity contribution is 6.30. The van der Waals surface area contributed by atoms with Crippen LogP contribution in [-0.4, -0.2) is 44.1 Å². The molecule has 1 aromatic rings. The Morgan fingerprint density at radius 1 is 1.71 bits per heavy atom. The lowest BCUT2D eigenvalue weighted by Gasteiger charge is -2.28. The van der Waals surface area contributed by atoms with Gasteiger partial charge in [0.05, 0.1) is 9.30 Å². The molecule has 8 nitrogen and oxygen atoms in total. The predicted octanol–water partition coefficient (Wildman–Crippen LogP) is -2.01. The number of ether oxygens (including phenoxy) is 1. The van der Waals surface area contributed by atoms with Gasteiger partial charge in [-0.1, -0.05) is 5.92 Å². The third-order valence-electron chi connectivity index (χ3n) is 3.25. The largest absolute Gasteiger partial charge is 0.394 e. The van der Waals surface area contributed by atoms with Crippen molar-refractivity contribution in [3.63, 3.8) is 0 Å². The van der Waals surface area contributed by atoms with Gasteiger partial charge in [-0.3, -0.25) is 14.3 Å². The summed E-state index contributed by atoms with van der Waals surface area (Å²) in [5.74, 6) is 2.28. The van der Waals surface area contributed by atoms with Gasteiger partial charge in [0, 0.05) is 17.1 Å². The molecule has 114 valence electrons. The van der Waals surface area contributed by atoms with Crippen LogP contribution in [0.4, 0.5) is 0 Å². The minimum Gasteiger partial charge on any atom is -0.394 e. The van der Waals surface area contributed by atoms with Gasteiger partial charge in [-0.05, 0) is 18.5 Å². The second-order valence-corrected chi connectivity index (χ2v) is 4.77.